The minimum atomic E-state index is -0.661. The quantitative estimate of drug-likeness (QED) is 0.543. The molecular weight excluding hydrogens is 264 g/mol. The molecule has 0 spiro atoms. The van der Waals surface area contributed by atoms with Crippen LogP contribution in [-0.4, -0.2) is 11.9 Å². The normalized spacial score (nSPS) is 14.0. The standard InChI is InChI=1S/C18H34O3/c1-15(2,3)11-17(7,8)13(19)21-14(20)18(9,10)12-16(4,5)6/h11-12H2,1-10H3. The highest BCUT2D eigenvalue weighted by Crippen LogP contribution is 2.37. The molecule has 124 valence electrons. The summed E-state index contributed by atoms with van der Waals surface area (Å²) in [7, 11) is 0. The van der Waals surface area contributed by atoms with Gasteiger partial charge in [0.15, 0.2) is 0 Å². The minimum absolute atomic E-state index is 0.00644. The van der Waals surface area contributed by atoms with E-state index >= 15 is 0 Å². The maximum atomic E-state index is 12.3. The first-order valence-electron chi connectivity index (χ1n) is 7.73. The highest BCUT2D eigenvalue weighted by molar-refractivity contribution is 5.90. The van der Waals surface area contributed by atoms with E-state index in [4.69, 9.17) is 4.74 Å². The van der Waals surface area contributed by atoms with E-state index in [1.165, 1.54) is 0 Å². The van der Waals surface area contributed by atoms with Crippen LogP contribution in [0.25, 0.3) is 0 Å². The number of esters is 2. The van der Waals surface area contributed by atoms with E-state index in [2.05, 4.69) is 41.5 Å². The fourth-order valence-electron chi connectivity index (χ4n) is 3.16. The third-order valence-electron chi connectivity index (χ3n) is 3.24. The molecule has 0 amide bonds. The van der Waals surface area contributed by atoms with E-state index in [1.807, 2.05) is 27.7 Å². The van der Waals surface area contributed by atoms with Crippen molar-refractivity contribution in [2.45, 2.75) is 82.1 Å². The van der Waals surface area contributed by atoms with Crippen LogP contribution in [0, 0.1) is 21.7 Å². The summed E-state index contributed by atoms with van der Waals surface area (Å²) >= 11 is 0. The predicted molar refractivity (Wildman–Crippen MR) is 86.8 cm³/mol. The number of ether oxygens (including phenoxy) is 1. The molecule has 0 saturated heterocycles. The molecule has 0 N–H and O–H groups in total. The molecule has 0 aromatic rings. The Hall–Kier alpha value is -0.860. The van der Waals surface area contributed by atoms with Crippen LogP contribution in [0.1, 0.15) is 82.1 Å². The zero-order chi connectivity index (χ0) is 17.3. The van der Waals surface area contributed by atoms with Crippen molar-refractivity contribution in [2.75, 3.05) is 0 Å². The fourth-order valence-corrected chi connectivity index (χ4v) is 3.16. The summed E-state index contributed by atoms with van der Waals surface area (Å²) < 4.78 is 5.19. The molecule has 0 bridgehead atoms. The fraction of sp³-hybridized carbons (Fsp3) is 0.889. The first-order valence-corrected chi connectivity index (χ1v) is 7.73. The Morgan fingerprint density at radius 2 is 0.857 bits per heavy atom. The average molecular weight is 298 g/mol. The van der Waals surface area contributed by atoms with E-state index in [1.54, 1.807) is 0 Å². The molecule has 0 aliphatic rings. The second-order valence-electron chi connectivity index (χ2n) is 9.92. The summed E-state index contributed by atoms with van der Waals surface area (Å²) in [6, 6.07) is 0. The Morgan fingerprint density at radius 1 is 0.619 bits per heavy atom. The third-order valence-corrected chi connectivity index (χ3v) is 3.24. The summed E-state index contributed by atoms with van der Waals surface area (Å²) in [5, 5.41) is 0. The van der Waals surface area contributed by atoms with Gasteiger partial charge in [-0.25, -0.2) is 0 Å². The molecule has 0 aromatic heterocycles. The summed E-state index contributed by atoms with van der Waals surface area (Å²) in [6.07, 6.45) is 1.34. The zero-order valence-corrected chi connectivity index (χ0v) is 15.6. The lowest BCUT2D eigenvalue weighted by atomic mass is 9.75. The Kier molecular flexibility index (Phi) is 5.85. The number of carbonyl (C=O) groups excluding carboxylic acids is 2. The van der Waals surface area contributed by atoms with Crippen LogP contribution in [0.3, 0.4) is 0 Å². The first kappa shape index (κ1) is 20.1. The Bertz CT molecular complexity index is 352. The summed E-state index contributed by atoms with van der Waals surface area (Å²) in [6.45, 7) is 19.8. The van der Waals surface area contributed by atoms with Gasteiger partial charge in [-0.3, -0.25) is 9.59 Å². The van der Waals surface area contributed by atoms with Gasteiger partial charge in [0.2, 0.25) is 0 Å². The number of rotatable bonds is 4. The predicted octanol–water partition coefficient (Wildman–Crippen LogP) is 4.98. The molecule has 0 unspecified atom stereocenters. The van der Waals surface area contributed by atoms with Gasteiger partial charge in [-0.05, 0) is 51.4 Å². The highest BCUT2D eigenvalue weighted by atomic mass is 16.6. The van der Waals surface area contributed by atoms with E-state index in [0.717, 1.165) is 0 Å². The van der Waals surface area contributed by atoms with Gasteiger partial charge in [-0.2, -0.15) is 0 Å². The molecule has 0 aliphatic heterocycles. The highest BCUT2D eigenvalue weighted by Gasteiger charge is 2.40. The molecule has 0 saturated carbocycles. The van der Waals surface area contributed by atoms with Gasteiger partial charge in [0.25, 0.3) is 0 Å². The number of carbonyl (C=O) groups is 2. The van der Waals surface area contributed by atoms with Gasteiger partial charge < -0.3 is 4.74 Å². The molecule has 0 atom stereocenters. The Morgan fingerprint density at radius 3 is 1.05 bits per heavy atom. The van der Waals surface area contributed by atoms with Gasteiger partial charge in [0.1, 0.15) is 0 Å². The van der Waals surface area contributed by atoms with Crippen molar-refractivity contribution in [3.05, 3.63) is 0 Å². The van der Waals surface area contributed by atoms with Crippen molar-refractivity contribution >= 4 is 11.9 Å². The number of hydrogen-bond donors (Lipinski definition) is 0. The van der Waals surface area contributed by atoms with Crippen molar-refractivity contribution < 1.29 is 14.3 Å². The number of hydrogen-bond acceptors (Lipinski definition) is 3. The SMILES string of the molecule is CC(C)(C)CC(C)(C)C(=O)OC(=O)C(C)(C)CC(C)(C)C. The van der Waals surface area contributed by atoms with Crippen molar-refractivity contribution in [1.82, 2.24) is 0 Å². The van der Waals surface area contributed by atoms with E-state index in [-0.39, 0.29) is 10.8 Å². The molecule has 0 fully saturated rings. The second-order valence-corrected chi connectivity index (χ2v) is 9.92. The van der Waals surface area contributed by atoms with E-state index < -0.39 is 22.8 Å². The van der Waals surface area contributed by atoms with Gasteiger partial charge >= 0.3 is 11.9 Å². The molecular formula is C18H34O3. The van der Waals surface area contributed by atoms with Crippen molar-refractivity contribution in [1.29, 1.82) is 0 Å². The average Bonchev–Trinajstić information content (AvgIpc) is 2.08. The van der Waals surface area contributed by atoms with Crippen LogP contribution in [0.2, 0.25) is 0 Å². The summed E-state index contributed by atoms with van der Waals surface area (Å²) in [5.74, 6) is -0.853. The maximum absolute atomic E-state index is 12.3. The lowest BCUT2D eigenvalue weighted by Crippen LogP contribution is -2.38. The molecule has 0 radical (unpaired) electrons. The maximum Gasteiger partial charge on any atom is 0.319 e. The minimum Gasteiger partial charge on any atom is -0.392 e. The molecule has 21 heavy (non-hydrogen) atoms. The van der Waals surface area contributed by atoms with Crippen LogP contribution in [0.5, 0.6) is 0 Å². The van der Waals surface area contributed by atoms with Crippen LogP contribution in [0.4, 0.5) is 0 Å². The summed E-state index contributed by atoms with van der Waals surface area (Å²) in [4.78, 5) is 24.6. The Labute approximate surface area is 130 Å². The van der Waals surface area contributed by atoms with Crippen LogP contribution < -0.4 is 0 Å². The van der Waals surface area contributed by atoms with Crippen LogP contribution in [0.15, 0.2) is 0 Å². The van der Waals surface area contributed by atoms with Crippen LogP contribution >= 0.6 is 0 Å². The lowest BCUT2D eigenvalue weighted by Gasteiger charge is -2.33. The van der Waals surface area contributed by atoms with E-state index in [9.17, 15) is 9.59 Å². The molecule has 0 aliphatic carbocycles. The Balaban J connectivity index is 4.89. The summed E-state index contributed by atoms with van der Waals surface area (Å²) in [5.41, 5.74) is -1.31. The van der Waals surface area contributed by atoms with Gasteiger partial charge in [-0.1, -0.05) is 41.5 Å². The first-order chi connectivity index (χ1) is 8.96. The molecule has 0 rings (SSSR count). The topological polar surface area (TPSA) is 43.4 Å². The lowest BCUT2D eigenvalue weighted by molar-refractivity contribution is -0.174. The van der Waals surface area contributed by atoms with Gasteiger partial charge in [0.05, 0.1) is 10.8 Å². The largest absolute Gasteiger partial charge is 0.392 e. The third kappa shape index (κ3) is 7.63. The van der Waals surface area contributed by atoms with Crippen LogP contribution in [-0.2, 0) is 14.3 Å². The van der Waals surface area contributed by atoms with Crippen molar-refractivity contribution in [3.8, 4) is 0 Å². The van der Waals surface area contributed by atoms with Gasteiger partial charge in [0, 0.05) is 0 Å². The van der Waals surface area contributed by atoms with Crippen molar-refractivity contribution in [3.63, 3.8) is 0 Å². The monoisotopic (exact) mass is 298 g/mol. The van der Waals surface area contributed by atoms with Crippen molar-refractivity contribution in [2.24, 2.45) is 21.7 Å². The molecule has 0 aromatic carbocycles. The van der Waals surface area contributed by atoms with E-state index in [0.29, 0.717) is 12.8 Å². The molecule has 3 nitrogen and oxygen atoms in total. The second kappa shape index (κ2) is 6.10. The zero-order valence-electron chi connectivity index (χ0n) is 15.6. The smallest absolute Gasteiger partial charge is 0.319 e. The van der Waals surface area contributed by atoms with Gasteiger partial charge in [-0.15, -0.1) is 0 Å². The molecule has 3 heteroatoms. The molecule has 0 heterocycles.